The summed E-state index contributed by atoms with van der Waals surface area (Å²) in [6.07, 6.45) is 5.81. The minimum Gasteiger partial charge on any atom is -0.492 e. The van der Waals surface area contributed by atoms with Crippen molar-refractivity contribution in [1.82, 2.24) is 20.2 Å². The molecule has 3 aromatic rings. The maximum Gasteiger partial charge on any atom is 0.507 e. The van der Waals surface area contributed by atoms with Gasteiger partial charge in [-0.3, -0.25) is 9.78 Å². The van der Waals surface area contributed by atoms with E-state index in [0.717, 1.165) is 44.2 Å². The van der Waals surface area contributed by atoms with Crippen LogP contribution in [0.4, 0.5) is 4.79 Å². The number of carboxylic acid groups (broad SMARTS) is 1. The third-order valence-electron chi connectivity index (χ3n) is 9.20. The maximum absolute atomic E-state index is 13.9. The van der Waals surface area contributed by atoms with E-state index in [0.29, 0.717) is 46.2 Å². The first-order valence-electron chi connectivity index (χ1n) is 15.0. The average molecular weight is 605 g/mol. The molecule has 2 heterocycles. The molecule has 4 bridgehead atoms. The number of halogens is 1. The van der Waals surface area contributed by atoms with Crippen LogP contribution < -0.4 is 10.1 Å². The number of nitrogens with zero attached hydrogens (tertiary/aromatic N) is 3. The van der Waals surface area contributed by atoms with Gasteiger partial charge >= 0.3 is 6.16 Å². The van der Waals surface area contributed by atoms with E-state index in [-0.39, 0.29) is 17.5 Å². The molecule has 4 fully saturated rings. The smallest absolute Gasteiger partial charge is 0.492 e. The fraction of sp³-hybridized carbons (Fsp3) is 0.455. The number of amides is 1. The average Bonchev–Trinajstić information content (AvgIpc) is 2.98. The Balaban J connectivity index is 1.34. The Hall–Kier alpha value is -3.69. The van der Waals surface area contributed by atoms with E-state index in [9.17, 15) is 14.7 Å². The molecule has 10 heteroatoms. The van der Waals surface area contributed by atoms with Crippen LogP contribution in [0.5, 0.6) is 5.75 Å². The van der Waals surface area contributed by atoms with Crippen LogP contribution in [-0.2, 0) is 4.74 Å². The molecule has 0 unspecified atom stereocenters. The molecule has 0 spiro atoms. The number of rotatable bonds is 10. The van der Waals surface area contributed by atoms with E-state index in [1.807, 2.05) is 50.5 Å². The van der Waals surface area contributed by atoms with Gasteiger partial charge < -0.3 is 24.8 Å². The van der Waals surface area contributed by atoms with E-state index in [1.165, 1.54) is 6.42 Å². The predicted molar refractivity (Wildman–Crippen MR) is 163 cm³/mol. The van der Waals surface area contributed by atoms with Crippen LogP contribution in [0, 0.1) is 23.7 Å². The largest absolute Gasteiger partial charge is 0.507 e. The first-order chi connectivity index (χ1) is 20.7. The summed E-state index contributed by atoms with van der Waals surface area (Å²) in [5, 5.41) is 13.3. The minimum absolute atomic E-state index is 0.0421. The minimum atomic E-state index is -1.37. The standard InChI is InChI=1S/C33H37ClN4O5/c1-38(2)12-5-13-42-29-19-22(7-9-26(29)34)30-25(27-6-3-4-11-35-27)8-10-28(36-30)31(39)37-33(43-32(40)41)23-15-20-14-21(17-23)18-24(33)16-20/h3-4,6-11,19-21,23-24H,5,12-18H2,1-2H3,(H,37,39)(H,40,41). The number of pyridine rings is 2. The molecule has 4 aliphatic carbocycles. The summed E-state index contributed by atoms with van der Waals surface area (Å²) in [5.41, 5.74) is 1.62. The summed E-state index contributed by atoms with van der Waals surface area (Å²) in [5.74, 6) is 1.12. The summed E-state index contributed by atoms with van der Waals surface area (Å²) < 4.78 is 11.6. The fourth-order valence-corrected chi connectivity index (χ4v) is 7.70. The highest BCUT2D eigenvalue weighted by atomic mass is 35.5. The predicted octanol–water partition coefficient (Wildman–Crippen LogP) is 6.37. The number of hydrogen-bond acceptors (Lipinski definition) is 7. The Labute approximate surface area is 256 Å². The van der Waals surface area contributed by atoms with Gasteiger partial charge in [-0.05, 0) is 101 Å². The third-order valence-corrected chi connectivity index (χ3v) is 9.51. The van der Waals surface area contributed by atoms with Crippen molar-refractivity contribution >= 4 is 23.7 Å². The molecule has 0 saturated heterocycles. The molecule has 0 atom stereocenters. The molecule has 0 aliphatic heterocycles. The molecule has 2 N–H and O–H groups in total. The summed E-state index contributed by atoms with van der Waals surface area (Å²) in [6.45, 7) is 1.38. The highest BCUT2D eigenvalue weighted by Crippen LogP contribution is 2.58. The third kappa shape index (κ3) is 6.06. The van der Waals surface area contributed by atoms with Gasteiger partial charge in [0.25, 0.3) is 5.91 Å². The second kappa shape index (κ2) is 12.1. The van der Waals surface area contributed by atoms with Crippen LogP contribution in [0.3, 0.4) is 0 Å². The Kier molecular flexibility index (Phi) is 8.29. The van der Waals surface area contributed by atoms with Gasteiger partial charge in [-0.1, -0.05) is 23.7 Å². The molecule has 9 nitrogen and oxygen atoms in total. The summed E-state index contributed by atoms with van der Waals surface area (Å²) >= 11 is 6.49. The topological polar surface area (TPSA) is 114 Å². The van der Waals surface area contributed by atoms with Gasteiger partial charge in [0.2, 0.25) is 0 Å². The van der Waals surface area contributed by atoms with E-state index in [1.54, 1.807) is 18.3 Å². The number of hydrogen-bond donors (Lipinski definition) is 2. The van der Waals surface area contributed by atoms with Gasteiger partial charge in [0.05, 0.1) is 23.0 Å². The molecule has 4 aliphatic rings. The molecule has 226 valence electrons. The Bertz CT molecular complexity index is 1470. The maximum atomic E-state index is 13.9. The molecule has 4 saturated carbocycles. The number of benzene rings is 1. The molecule has 0 radical (unpaired) electrons. The van der Waals surface area contributed by atoms with Crippen LogP contribution >= 0.6 is 11.6 Å². The van der Waals surface area contributed by atoms with Gasteiger partial charge in [-0.2, -0.15) is 0 Å². The monoisotopic (exact) mass is 604 g/mol. The Morgan fingerprint density at radius 2 is 1.79 bits per heavy atom. The van der Waals surface area contributed by atoms with Gasteiger partial charge in [-0.25, -0.2) is 9.78 Å². The van der Waals surface area contributed by atoms with Crippen molar-refractivity contribution in [3.63, 3.8) is 0 Å². The van der Waals surface area contributed by atoms with Crippen molar-refractivity contribution in [3.05, 3.63) is 65.4 Å². The lowest BCUT2D eigenvalue weighted by Crippen LogP contribution is -2.68. The van der Waals surface area contributed by atoms with E-state index >= 15 is 0 Å². The number of carbonyl (C=O) groups is 2. The zero-order valence-corrected chi connectivity index (χ0v) is 25.2. The first kappa shape index (κ1) is 29.4. The zero-order valence-electron chi connectivity index (χ0n) is 24.5. The van der Waals surface area contributed by atoms with Crippen LogP contribution in [0.2, 0.25) is 5.02 Å². The van der Waals surface area contributed by atoms with Crippen LogP contribution in [-0.4, -0.2) is 65.0 Å². The molecule has 1 amide bonds. The number of aromatic nitrogens is 2. The molecule has 7 rings (SSSR count). The lowest BCUT2D eigenvalue weighted by atomic mass is 9.52. The van der Waals surface area contributed by atoms with Crippen molar-refractivity contribution in [2.45, 2.75) is 44.2 Å². The SMILES string of the molecule is CN(C)CCCOc1cc(-c2nc(C(=O)NC3(OC(=O)O)C4CC5CC(C4)CC3C5)ccc2-c2ccccn2)ccc1Cl. The summed E-state index contributed by atoms with van der Waals surface area (Å²) in [4.78, 5) is 37.3. The van der Waals surface area contributed by atoms with Gasteiger partial charge in [-0.15, -0.1) is 0 Å². The number of carbonyl (C=O) groups excluding carboxylic acids is 1. The molecule has 43 heavy (non-hydrogen) atoms. The van der Waals surface area contributed by atoms with Crippen molar-refractivity contribution in [3.8, 4) is 28.3 Å². The van der Waals surface area contributed by atoms with E-state index < -0.39 is 17.8 Å². The van der Waals surface area contributed by atoms with Gasteiger partial charge in [0.15, 0.2) is 5.72 Å². The highest BCUT2D eigenvalue weighted by Gasteiger charge is 2.60. The van der Waals surface area contributed by atoms with Gasteiger partial charge in [0, 0.05) is 35.7 Å². The van der Waals surface area contributed by atoms with E-state index in [4.69, 9.17) is 26.1 Å². The quantitative estimate of drug-likeness (QED) is 0.156. The number of nitrogens with one attached hydrogen (secondary N) is 1. The molecular formula is C33H37ClN4O5. The van der Waals surface area contributed by atoms with Gasteiger partial charge in [0.1, 0.15) is 11.4 Å². The van der Waals surface area contributed by atoms with E-state index in [2.05, 4.69) is 15.2 Å². The summed E-state index contributed by atoms with van der Waals surface area (Å²) in [6, 6.07) is 14.5. The van der Waals surface area contributed by atoms with Crippen molar-refractivity contribution in [2.75, 3.05) is 27.2 Å². The molecule has 1 aromatic carbocycles. The normalized spacial score (nSPS) is 25.5. The van der Waals surface area contributed by atoms with Crippen LogP contribution in [0.1, 0.15) is 49.0 Å². The Morgan fingerprint density at radius 1 is 1.05 bits per heavy atom. The molecular weight excluding hydrogens is 568 g/mol. The zero-order chi connectivity index (χ0) is 30.1. The van der Waals surface area contributed by atoms with Crippen LogP contribution in [0.15, 0.2) is 54.7 Å². The van der Waals surface area contributed by atoms with Crippen molar-refractivity contribution in [2.24, 2.45) is 23.7 Å². The fourth-order valence-electron chi connectivity index (χ4n) is 7.53. The summed E-state index contributed by atoms with van der Waals surface area (Å²) in [7, 11) is 4.03. The number of ether oxygens (including phenoxy) is 2. The Morgan fingerprint density at radius 3 is 2.44 bits per heavy atom. The second-order valence-electron chi connectivity index (χ2n) is 12.4. The highest BCUT2D eigenvalue weighted by molar-refractivity contribution is 6.32. The lowest BCUT2D eigenvalue weighted by molar-refractivity contribution is -0.191. The first-order valence-corrected chi connectivity index (χ1v) is 15.3. The lowest BCUT2D eigenvalue weighted by Gasteiger charge is -2.59. The second-order valence-corrected chi connectivity index (χ2v) is 12.8. The van der Waals surface area contributed by atoms with Crippen molar-refractivity contribution < 1.29 is 24.2 Å². The van der Waals surface area contributed by atoms with Crippen molar-refractivity contribution in [1.29, 1.82) is 0 Å². The van der Waals surface area contributed by atoms with Crippen LogP contribution in [0.25, 0.3) is 22.5 Å². The molecule has 2 aromatic heterocycles.